The van der Waals surface area contributed by atoms with E-state index in [2.05, 4.69) is 17.2 Å². The first-order valence-corrected chi connectivity index (χ1v) is 6.19. The second-order valence-corrected chi connectivity index (χ2v) is 4.32. The van der Waals surface area contributed by atoms with E-state index >= 15 is 0 Å². The van der Waals surface area contributed by atoms with E-state index in [0.717, 1.165) is 41.2 Å². The van der Waals surface area contributed by atoms with Crippen LogP contribution in [0.25, 0.3) is 10.9 Å². The van der Waals surface area contributed by atoms with Crippen LogP contribution < -0.4 is 10.1 Å². The summed E-state index contributed by atoms with van der Waals surface area (Å²) in [6.07, 6.45) is 2.97. The third-order valence-electron chi connectivity index (χ3n) is 2.87. The van der Waals surface area contributed by atoms with E-state index < -0.39 is 0 Å². The summed E-state index contributed by atoms with van der Waals surface area (Å²) < 4.78 is 5.39. The Morgan fingerprint density at radius 2 is 2.24 bits per heavy atom. The SMILES string of the molecule is CCNCCc1c[nH]c2c(Cl)ccc(OC)c12. The Hall–Kier alpha value is -1.19. The van der Waals surface area contributed by atoms with Crippen molar-refractivity contribution in [2.75, 3.05) is 20.2 Å². The summed E-state index contributed by atoms with van der Waals surface area (Å²) >= 11 is 6.16. The number of fused-ring (bicyclic) bond motifs is 1. The van der Waals surface area contributed by atoms with Crippen molar-refractivity contribution >= 4 is 22.5 Å². The van der Waals surface area contributed by atoms with Crippen molar-refractivity contribution < 1.29 is 4.74 Å². The molecule has 0 bridgehead atoms. The van der Waals surface area contributed by atoms with Crippen LogP contribution in [-0.4, -0.2) is 25.2 Å². The van der Waals surface area contributed by atoms with E-state index in [1.165, 1.54) is 5.56 Å². The van der Waals surface area contributed by atoms with Crippen LogP contribution in [0, 0.1) is 0 Å². The molecule has 0 radical (unpaired) electrons. The zero-order valence-electron chi connectivity index (χ0n) is 10.1. The molecule has 4 heteroatoms. The molecule has 0 unspecified atom stereocenters. The Kier molecular flexibility index (Phi) is 3.92. The number of benzene rings is 1. The highest BCUT2D eigenvalue weighted by atomic mass is 35.5. The van der Waals surface area contributed by atoms with Crippen molar-refractivity contribution in [3.63, 3.8) is 0 Å². The number of hydrogen-bond acceptors (Lipinski definition) is 2. The van der Waals surface area contributed by atoms with Gasteiger partial charge in [0.25, 0.3) is 0 Å². The van der Waals surface area contributed by atoms with Crippen LogP contribution in [0.3, 0.4) is 0 Å². The first-order valence-electron chi connectivity index (χ1n) is 5.81. The topological polar surface area (TPSA) is 37.0 Å². The van der Waals surface area contributed by atoms with E-state index in [9.17, 15) is 0 Å². The van der Waals surface area contributed by atoms with Gasteiger partial charge in [-0.15, -0.1) is 0 Å². The van der Waals surface area contributed by atoms with E-state index in [0.29, 0.717) is 0 Å². The van der Waals surface area contributed by atoms with Gasteiger partial charge in [-0.2, -0.15) is 0 Å². The average Bonchev–Trinajstić information content (AvgIpc) is 2.76. The number of methoxy groups -OCH3 is 1. The number of rotatable bonds is 5. The predicted molar refractivity (Wildman–Crippen MR) is 72.1 cm³/mol. The van der Waals surface area contributed by atoms with Crippen molar-refractivity contribution in [3.05, 3.63) is 28.9 Å². The van der Waals surface area contributed by atoms with Crippen LogP contribution in [0.15, 0.2) is 18.3 Å². The molecule has 0 atom stereocenters. The molecular formula is C13H17ClN2O. The second kappa shape index (κ2) is 5.43. The molecule has 0 fully saturated rings. The van der Waals surface area contributed by atoms with Gasteiger partial charge in [0.2, 0.25) is 0 Å². The summed E-state index contributed by atoms with van der Waals surface area (Å²) in [5, 5.41) is 5.14. The molecule has 2 aromatic rings. The quantitative estimate of drug-likeness (QED) is 0.803. The summed E-state index contributed by atoms with van der Waals surface area (Å²) in [4.78, 5) is 3.22. The highest BCUT2D eigenvalue weighted by Crippen LogP contribution is 2.33. The maximum atomic E-state index is 6.16. The van der Waals surface area contributed by atoms with Crippen molar-refractivity contribution in [3.8, 4) is 5.75 Å². The molecule has 0 saturated carbocycles. The molecule has 92 valence electrons. The standard InChI is InChI=1S/C13H17ClN2O/c1-3-15-7-6-9-8-16-13-10(14)4-5-11(17-2)12(9)13/h4-5,8,15-16H,3,6-7H2,1-2H3. The molecule has 2 N–H and O–H groups in total. The first-order chi connectivity index (χ1) is 8.27. The van der Waals surface area contributed by atoms with Crippen molar-refractivity contribution in [1.29, 1.82) is 0 Å². The van der Waals surface area contributed by atoms with E-state index in [4.69, 9.17) is 16.3 Å². The largest absolute Gasteiger partial charge is 0.496 e. The van der Waals surface area contributed by atoms with Gasteiger partial charge >= 0.3 is 0 Å². The minimum atomic E-state index is 0.732. The number of aromatic amines is 1. The van der Waals surface area contributed by atoms with Gasteiger partial charge in [-0.1, -0.05) is 18.5 Å². The number of halogens is 1. The van der Waals surface area contributed by atoms with Crippen LogP contribution in [0.5, 0.6) is 5.75 Å². The van der Waals surface area contributed by atoms with E-state index in [1.54, 1.807) is 7.11 Å². The normalized spacial score (nSPS) is 11.0. The molecular weight excluding hydrogens is 236 g/mol. The van der Waals surface area contributed by atoms with Crippen molar-refractivity contribution in [2.24, 2.45) is 0 Å². The first kappa shape index (κ1) is 12.3. The van der Waals surface area contributed by atoms with Gasteiger partial charge in [0.05, 0.1) is 17.6 Å². The third kappa shape index (κ3) is 2.40. The monoisotopic (exact) mass is 252 g/mol. The fourth-order valence-corrected chi connectivity index (χ4v) is 2.23. The molecule has 0 spiro atoms. The van der Waals surface area contributed by atoms with Gasteiger partial charge in [0.15, 0.2) is 0 Å². The van der Waals surface area contributed by atoms with E-state index in [1.807, 2.05) is 18.3 Å². The summed E-state index contributed by atoms with van der Waals surface area (Å²) in [7, 11) is 1.68. The average molecular weight is 253 g/mol. The minimum Gasteiger partial charge on any atom is -0.496 e. The van der Waals surface area contributed by atoms with Crippen molar-refractivity contribution in [1.82, 2.24) is 10.3 Å². The molecule has 0 aliphatic rings. The lowest BCUT2D eigenvalue weighted by atomic mass is 10.1. The lowest BCUT2D eigenvalue weighted by Crippen LogP contribution is -2.15. The Morgan fingerprint density at radius 3 is 2.94 bits per heavy atom. The fraction of sp³-hybridized carbons (Fsp3) is 0.385. The zero-order valence-corrected chi connectivity index (χ0v) is 10.9. The van der Waals surface area contributed by atoms with Gasteiger partial charge in [0.1, 0.15) is 5.75 Å². The number of likely N-dealkylation sites (N-methyl/N-ethyl adjacent to an activating group) is 1. The Morgan fingerprint density at radius 1 is 1.41 bits per heavy atom. The predicted octanol–water partition coefficient (Wildman–Crippen LogP) is 2.98. The molecule has 0 saturated heterocycles. The molecule has 3 nitrogen and oxygen atoms in total. The number of aromatic nitrogens is 1. The van der Waals surface area contributed by atoms with Crippen molar-refractivity contribution in [2.45, 2.75) is 13.3 Å². The molecule has 2 rings (SSSR count). The molecule has 0 amide bonds. The molecule has 1 heterocycles. The van der Waals surface area contributed by atoms with Gasteiger partial charge in [-0.3, -0.25) is 0 Å². The van der Waals surface area contributed by atoms with Crippen LogP contribution in [0.2, 0.25) is 5.02 Å². The Bertz CT molecular complexity index is 507. The van der Waals surface area contributed by atoms with Crippen LogP contribution >= 0.6 is 11.6 Å². The van der Waals surface area contributed by atoms with Gasteiger partial charge < -0.3 is 15.0 Å². The molecule has 0 aliphatic heterocycles. The summed E-state index contributed by atoms with van der Waals surface area (Å²) in [6.45, 7) is 4.05. The van der Waals surface area contributed by atoms with Gasteiger partial charge in [-0.05, 0) is 37.2 Å². The second-order valence-electron chi connectivity index (χ2n) is 3.92. The zero-order chi connectivity index (χ0) is 12.3. The lowest BCUT2D eigenvalue weighted by molar-refractivity contribution is 0.419. The van der Waals surface area contributed by atoms with Gasteiger partial charge in [0, 0.05) is 11.6 Å². The Balaban J connectivity index is 2.39. The maximum Gasteiger partial charge on any atom is 0.128 e. The molecule has 1 aromatic heterocycles. The molecule has 0 aliphatic carbocycles. The third-order valence-corrected chi connectivity index (χ3v) is 3.18. The number of ether oxygens (including phenoxy) is 1. The summed E-state index contributed by atoms with van der Waals surface area (Å²) in [5.74, 6) is 0.872. The molecule has 17 heavy (non-hydrogen) atoms. The van der Waals surface area contributed by atoms with E-state index in [-0.39, 0.29) is 0 Å². The van der Waals surface area contributed by atoms with Gasteiger partial charge in [-0.25, -0.2) is 0 Å². The lowest BCUT2D eigenvalue weighted by Gasteiger charge is -2.06. The summed E-state index contributed by atoms with van der Waals surface area (Å²) in [5.41, 5.74) is 2.19. The maximum absolute atomic E-state index is 6.16. The van der Waals surface area contributed by atoms with Crippen LogP contribution in [-0.2, 0) is 6.42 Å². The fourth-order valence-electron chi connectivity index (χ4n) is 2.02. The highest BCUT2D eigenvalue weighted by Gasteiger charge is 2.11. The minimum absolute atomic E-state index is 0.732. The smallest absolute Gasteiger partial charge is 0.128 e. The van der Waals surface area contributed by atoms with Crippen LogP contribution in [0.4, 0.5) is 0 Å². The number of nitrogens with one attached hydrogen (secondary N) is 2. The molecule has 1 aromatic carbocycles. The summed E-state index contributed by atoms with van der Waals surface area (Å²) in [6, 6.07) is 3.77. The Labute approximate surface area is 106 Å². The highest BCUT2D eigenvalue weighted by molar-refractivity contribution is 6.35. The number of H-pyrrole nitrogens is 1. The number of hydrogen-bond donors (Lipinski definition) is 2. The van der Waals surface area contributed by atoms with Crippen LogP contribution in [0.1, 0.15) is 12.5 Å².